The SMILES string of the molecule is CC(C)N=C(N)Nc1cnn(C(C)C)c1. The van der Waals surface area contributed by atoms with Gasteiger partial charge in [-0.2, -0.15) is 5.10 Å². The molecule has 3 N–H and O–H groups in total. The summed E-state index contributed by atoms with van der Waals surface area (Å²) in [5.74, 6) is 0.424. The second-order valence-corrected chi connectivity index (χ2v) is 4.04. The maximum atomic E-state index is 5.69. The van der Waals surface area contributed by atoms with Crippen LogP contribution in [-0.2, 0) is 0 Å². The standard InChI is InChI=1S/C10H19N5/c1-7(2)13-10(11)14-9-5-12-15(6-9)8(3)4/h5-8H,1-4H3,(H3,11,13,14). The summed E-state index contributed by atoms with van der Waals surface area (Å²) in [7, 11) is 0. The van der Waals surface area contributed by atoms with Crippen molar-refractivity contribution in [2.75, 3.05) is 5.32 Å². The molecule has 0 saturated heterocycles. The Labute approximate surface area is 90.4 Å². The summed E-state index contributed by atoms with van der Waals surface area (Å²) in [6.07, 6.45) is 3.65. The Kier molecular flexibility index (Phi) is 3.71. The average Bonchev–Trinajstić information content (AvgIpc) is 2.50. The van der Waals surface area contributed by atoms with Gasteiger partial charge in [0.15, 0.2) is 5.96 Å². The predicted octanol–water partition coefficient (Wildman–Crippen LogP) is 1.60. The van der Waals surface area contributed by atoms with Crippen LogP contribution in [0.2, 0.25) is 0 Å². The highest BCUT2D eigenvalue weighted by Gasteiger charge is 2.02. The summed E-state index contributed by atoms with van der Waals surface area (Å²) in [6, 6.07) is 0.543. The maximum Gasteiger partial charge on any atom is 0.193 e. The number of rotatable bonds is 3. The summed E-state index contributed by atoms with van der Waals surface area (Å²) in [5, 5.41) is 7.18. The lowest BCUT2D eigenvalue weighted by atomic mass is 10.4. The number of guanidine groups is 1. The van der Waals surface area contributed by atoms with Crippen LogP contribution in [0.4, 0.5) is 5.69 Å². The molecule has 1 rings (SSSR count). The van der Waals surface area contributed by atoms with Crippen LogP contribution < -0.4 is 11.1 Å². The summed E-state index contributed by atoms with van der Waals surface area (Å²) in [6.45, 7) is 8.10. The smallest absolute Gasteiger partial charge is 0.193 e. The number of nitrogens with zero attached hydrogens (tertiary/aromatic N) is 3. The fourth-order valence-corrected chi connectivity index (χ4v) is 1.14. The largest absolute Gasteiger partial charge is 0.370 e. The molecule has 0 aliphatic carbocycles. The fourth-order valence-electron chi connectivity index (χ4n) is 1.14. The predicted molar refractivity (Wildman–Crippen MR) is 63.0 cm³/mol. The molecule has 5 heteroatoms. The molecule has 15 heavy (non-hydrogen) atoms. The highest BCUT2D eigenvalue weighted by atomic mass is 15.3. The van der Waals surface area contributed by atoms with Gasteiger partial charge in [-0.3, -0.25) is 9.67 Å². The second kappa shape index (κ2) is 4.82. The monoisotopic (exact) mass is 209 g/mol. The molecule has 84 valence electrons. The van der Waals surface area contributed by atoms with Gasteiger partial charge in [0.25, 0.3) is 0 Å². The van der Waals surface area contributed by atoms with E-state index in [1.165, 1.54) is 0 Å². The van der Waals surface area contributed by atoms with E-state index >= 15 is 0 Å². The molecule has 1 aromatic rings. The lowest BCUT2D eigenvalue weighted by Crippen LogP contribution is -2.23. The van der Waals surface area contributed by atoms with Crippen molar-refractivity contribution in [1.29, 1.82) is 0 Å². The topological polar surface area (TPSA) is 68.2 Å². The van der Waals surface area contributed by atoms with E-state index in [1.54, 1.807) is 6.20 Å². The van der Waals surface area contributed by atoms with Gasteiger partial charge in [0.05, 0.1) is 11.9 Å². The Bertz CT molecular complexity index is 337. The van der Waals surface area contributed by atoms with E-state index in [2.05, 4.69) is 29.3 Å². The molecule has 0 unspecified atom stereocenters. The van der Waals surface area contributed by atoms with Gasteiger partial charge in [0.2, 0.25) is 0 Å². The normalized spacial score (nSPS) is 12.5. The van der Waals surface area contributed by atoms with Gasteiger partial charge in [-0.25, -0.2) is 0 Å². The molecule has 0 atom stereocenters. The number of hydrogen-bond donors (Lipinski definition) is 2. The third-order valence-corrected chi connectivity index (χ3v) is 1.80. The molecule has 0 radical (unpaired) electrons. The highest BCUT2D eigenvalue weighted by molar-refractivity contribution is 5.92. The molecule has 0 aliphatic rings. The van der Waals surface area contributed by atoms with Crippen LogP contribution in [0.1, 0.15) is 33.7 Å². The molecule has 0 amide bonds. The second-order valence-electron chi connectivity index (χ2n) is 4.04. The van der Waals surface area contributed by atoms with Crippen LogP contribution in [0.5, 0.6) is 0 Å². The molecule has 1 aromatic heterocycles. The molecule has 1 heterocycles. The van der Waals surface area contributed by atoms with Gasteiger partial charge in [0, 0.05) is 18.3 Å². The molecular formula is C10H19N5. The van der Waals surface area contributed by atoms with E-state index in [1.807, 2.05) is 24.7 Å². The number of nitrogens with two attached hydrogens (primary N) is 1. The number of aliphatic imine (C=N–C) groups is 1. The third kappa shape index (κ3) is 3.61. The van der Waals surface area contributed by atoms with Crippen molar-refractivity contribution in [2.24, 2.45) is 10.7 Å². The Balaban J connectivity index is 2.65. The molecule has 0 bridgehead atoms. The van der Waals surface area contributed by atoms with Gasteiger partial charge in [-0.05, 0) is 27.7 Å². The van der Waals surface area contributed by atoms with Gasteiger partial charge < -0.3 is 11.1 Å². The zero-order valence-corrected chi connectivity index (χ0v) is 9.73. The van der Waals surface area contributed by atoms with E-state index in [0.717, 1.165) is 5.69 Å². The number of aromatic nitrogens is 2. The lowest BCUT2D eigenvalue weighted by Gasteiger charge is -2.05. The van der Waals surface area contributed by atoms with Crippen LogP contribution in [-0.4, -0.2) is 21.8 Å². The molecule has 0 aliphatic heterocycles. The molecule has 0 spiro atoms. The molecule has 0 saturated carbocycles. The van der Waals surface area contributed by atoms with Crippen molar-refractivity contribution in [1.82, 2.24) is 9.78 Å². The minimum absolute atomic E-state index is 0.192. The van der Waals surface area contributed by atoms with Crippen molar-refractivity contribution in [3.8, 4) is 0 Å². The van der Waals surface area contributed by atoms with Crippen molar-refractivity contribution in [3.05, 3.63) is 12.4 Å². The highest BCUT2D eigenvalue weighted by Crippen LogP contribution is 2.09. The van der Waals surface area contributed by atoms with E-state index in [-0.39, 0.29) is 6.04 Å². The maximum absolute atomic E-state index is 5.69. The van der Waals surface area contributed by atoms with Crippen LogP contribution in [0.3, 0.4) is 0 Å². The fraction of sp³-hybridized carbons (Fsp3) is 0.600. The summed E-state index contributed by atoms with van der Waals surface area (Å²) in [4.78, 5) is 4.17. The summed E-state index contributed by atoms with van der Waals surface area (Å²) < 4.78 is 1.87. The third-order valence-electron chi connectivity index (χ3n) is 1.80. The lowest BCUT2D eigenvalue weighted by molar-refractivity contribution is 0.532. The zero-order valence-electron chi connectivity index (χ0n) is 9.73. The zero-order chi connectivity index (χ0) is 11.4. The van der Waals surface area contributed by atoms with E-state index < -0.39 is 0 Å². The summed E-state index contributed by atoms with van der Waals surface area (Å²) in [5.41, 5.74) is 6.56. The van der Waals surface area contributed by atoms with Gasteiger partial charge in [0.1, 0.15) is 0 Å². The van der Waals surface area contributed by atoms with E-state index in [4.69, 9.17) is 5.73 Å². The minimum Gasteiger partial charge on any atom is -0.370 e. The average molecular weight is 209 g/mol. The van der Waals surface area contributed by atoms with Crippen molar-refractivity contribution in [2.45, 2.75) is 39.8 Å². The van der Waals surface area contributed by atoms with Crippen molar-refractivity contribution >= 4 is 11.6 Å². The first-order valence-electron chi connectivity index (χ1n) is 5.13. The number of nitrogens with one attached hydrogen (secondary N) is 1. The van der Waals surface area contributed by atoms with Crippen LogP contribution in [0.25, 0.3) is 0 Å². The first-order chi connectivity index (χ1) is 6.99. The first kappa shape index (κ1) is 11.6. The van der Waals surface area contributed by atoms with Crippen LogP contribution in [0.15, 0.2) is 17.4 Å². The quantitative estimate of drug-likeness (QED) is 0.587. The molecular weight excluding hydrogens is 190 g/mol. The van der Waals surface area contributed by atoms with Gasteiger partial charge >= 0.3 is 0 Å². The Morgan fingerprint density at radius 1 is 1.47 bits per heavy atom. The number of hydrogen-bond acceptors (Lipinski definition) is 2. The minimum atomic E-state index is 0.192. The Morgan fingerprint density at radius 3 is 2.60 bits per heavy atom. The molecule has 0 fully saturated rings. The molecule has 5 nitrogen and oxygen atoms in total. The van der Waals surface area contributed by atoms with E-state index in [9.17, 15) is 0 Å². The van der Waals surface area contributed by atoms with Crippen molar-refractivity contribution < 1.29 is 0 Å². The van der Waals surface area contributed by atoms with Gasteiger partial charge in [-0.1, -0.05) is 0 Å². The van der Waals surface area contributed by atoms with E-state index in [0.29, 0.717) is 12.0 Å². The Morgan fingerprint density at radius 2 is 2.13 bits per heavy atom. The summed E-state index contributed by atoms with van der Waals surface area (Å²) >= 11 is 0. The van der Waals surface area contributed by atoms with Crippen LogP contribution in [0, 0.1) is 0 Å². The Hall–Kier alpha value is -1.52. The number of anilines is 1. The van der Waals surface area contributed by atoms with Gasteiger partial charge in [-0.15, -0.1) is 0 Å². The van der Waals surface area contributed by atoms with Crippen molar-refractivity contribution in [3.63, 3.8) is 0 Å². The molecule has 0 aromatic carbocycles. The first-order valence-corrected chi connectivity index (χ1v) is 5.13. The van der Waals surface area contributed by atoms with Crippen LogP contribution >= 0.6 is 0 Å².